The molecule has 0 saturated heterocycles. The predicted octanol–water partition coefficient (Wildman–Crippen LogP) is 4.01. The lowest BCUT2D eigenvalue weighted by atomic mass is 10.1. The molecular formula is C13H15N3OS2. The third-order valence-electron chi connectivity index (χ3n) is 2.97. The average Bonchev–Trinajstić information content (AvgIpc) is 2.97. The predicted molar refractivity (Wildman–Crippen MR) is 77.5 cm³/mol. The van der Waals surface area contributed by atoms with Crippen LogP contribution < -0.4 is 0 Å². The van der Waals surface area contributed by atoms with Crippen molar-refractivity contribution in [3.8, 4) is 10.8 Å². The van der Waals surface area contributed by atoms with E-state index in [1.165, 1.54) is 19.3 Å². The van der Waals surface area contributed by atoms with Gasteiger partial charge in [-0.05, 0) is 33.1 Å². The van der Waals surface area contributed by atoms with Crippen LogP contribution in [0.1, 0.15) is 30.0 Å². The molecule has 0 radical (unpaired) electrons. The molecule has 2 aromatic rings. The van der Waals surface area contributed by atoms with Crippen LogP contribution in [0.25, 0.3) is 10.8 Å². The molecule has 3 rings (SSSR count). The molecule has 4 nitrogen and oxygen atoms in total. The van der Waals surface area contributed by atoms with Crippen molar-refractivity contribution in [2.45, 2.75) is 43.6 Å². The van der Waals surface area contributed by atoms with E-state index in [2.05, 4.69) is 27.3 Å². The normalized spacial score (nSPS) is 18.9. The minimum atomic E-state index is 0.464. The summed E-state index contributed by atoms with van der Waals surface area (Å²) >= 11 is 3.25. The van der Waals surface area contributed by atoms with Crippen LogP contribution in [0, 0.1) is 13.8 Å². The Balaban J connectivity index is 1.77. The number of aryl methyl sites for hydroxylation is 2. The van der Waals surface area contributed by atoms with Gasteiger partial charge in [0, 0.05) is 5.25 Å². The Morgan fingerprint density at radius 2 is 2.26 bits per heavy atom. The fraction of sp³-hybridized carbons (Fsp3) is 0.462. The Morgan fingerprint density at radius 3 is 2.95 bits per heavy atom. The molecule has 0 aliphatic heterocycles. The summed E-state index contributed by atoms with van der Waals surface area (Å²) in [6, 6.07) is 0. The first-order valence-electron chi connectivity index (χ1n) is 6.33. The standard InChI is InChI=1S/C13H15N3OS2/c1-8-11(18-9(2)14-8)12-15-16-13(17-12)19-10-6-4-3-5-7-10/h4,6,10H,3,5,7H2,1-2H3. The van der Waals surface area contributed by atoms with Crippen LogP contribution in [0.3, 0.4) is 0 Å². The average molecular weight is 293 g/mol. The minimum absolute atomic E-state index is 0.464. The quantitative estimate of drug-likeness (QED) is 0.800. The molecule has 1 atom stereocenters. The molecule has 0 bridgehead atoms. The van der Waals surface area contributed by atoms with Crippen molar-refractivity contribution in [3.05, 3.63) is 22.9 Å². The maximum atomic E-state index is 5.74. The van der Waals surface area contributed by atoms with Crippen LogP contribution in [0.15, 0.2) is 21.8 Å². The molecule has 6 heteroatoms. The van der Waals surface area contributed by atoms with Gasteiger partial charge in [0.05, 0.1) is 10.7 Å². The van der Waals surface area contributed by atoms with E-state index in [4.69, 9.17) is 4.42 Å². The van der Waals surface area contributed by atoms with E-state index in [1.807, 2.05) is 13.8 Å². The lowest BCUT2D eigenvalue weighted by molar-refractivity contribution is 0.465. The Kier molecular flexibility index (Phi) is 3.70. The van der Waals surface area contributed by atoms with Gasteiger partial charge in [0.1, 0.15) is 4.88 Å². The van der Waals surface area contributed by atoms with Crippen LogP contribution >= 0.6 is 23.1 Å². The zero-order valence-corrected chi connectivity index (χ0v) is 12.6. The van der Waals surface area contributed by atoms with Gasteiger partial charge >= 0.3 is 0 Å². The number of allylic oxidation sites excluding steroid dienone is 1. The van der Waals surface area contributed by atoms with Gasteiger partial charge in [0.25, 0.3) is 11.1 Å². The van der Waals surface area contributed by atoms with Crippen LogP contribution in [-0.4, -0.2) is 20.4 Å². The van der Waals surface area contributed by atoms with Crippen LogP contribution in [0.5, 0.6) is 0 Å². The van der Waals surface area contributed by atoms with Crippen molar-refractivity contribution in [2.75, 3.05) is 0 Å². The second kappa shape index (κ2) is 5.46. The molecule has 0 aromatic carbocycles. The summed E-state index contributed by atoms with van der Waals surface area (Å²) in [5.41, 5.74) is 0.959. The first-order chi connectivity index (χ1) is 9.22. The molecule has 100 valence electrons. The topological polar surface area (TPSA) is 51.8 Å². The number of nitrogens with zero attached hydrogens (tertiary/aromatic N) is 3. The van der Waals surface area contributed by atoms with Crippen molar-refractivity contribution in [1.29, 1.82) is 0 Å². The Labute approximate surface area is 120 Å². The van der Waals surface area contributed by atoms with Crippen LogP contribution in [-0.2, 0) is 0 Å². The number of hydrogen-bond donors (Lipinski definition) is 0. The van der Waals surface area contributed by atoms with Crippen molar-refractivity contribution < 1.29 is 4.42 Å². The van der Waals surface area contributed by atoms with Gasteiger partial charge in [-0.1, -0.05) is 23.9 Å². The maximum absolute atomic E-state index is 5.74. The summed E-state index contributed by atoms with van der Waals surface area (Å²) in [5, 5.41) is 10.4. The second-order valence-corrected chi connectivity index (χ2v) is 6.93. The highest BCUT2D eigenvalue weighted by Crippen LogP contribution is 2.33. The van der Waals surface area contributed by atoms with E-state index in [1.54, 1.807) is 23.1 Å². The molecule has 1 unspecified atom stereocenters. The summed E-state index contributed by atoms with van der Waals surface area (Å²) in [6.45, 7) is 3.96. The Morgan fingerprint density at radius 1 is 1.37 bits per heavy atom. The number of rotatable bonds is 3. The summed E-state index contributed by atoms with van der Waals surface area (Å²) in [6.07, 6.45) is 8.07. The molecule has 1 aliphatic rings. The van der Waals surface area contributed by atoms with E-state index < -0.39 is 0 Å². The summed E-state index contributed by atoms with van der Waals surface area (Å²) in [7, 11) is 0. The molecule has 0 fully saturated rings. The van der Waals surface area contributed by atoms with Gasteiger partial charge < -0.3 is 4.42 Å². The molecule has 2 aromatic heterocycles. The van der Waals surface area contributed by atoms with Gasteiger partial charge in [-0.3, -0.25) is 0 Å². The van der Waals surface area contributed by atoms with Crippen molar-refractivity contribution >= 4 is 23.1 Å². The van der Waals surface area contributed by atoms with E-state index in [9.17, 15) is 0 Å². The van der Waals surface area contributed by atoms with Gasteiger partial charge in [-0.25, -0.2) is 4.98 Å². The van der Waals surface area contributed by atoms with Gasteiger partial charge in [0.15, 0.2) is 0 Å². The monoisotopic (exact) mass is 293 g/mol. The largest absolute Gasteiger partial charge is 0.410 e. The van der Waals surface area contributed by atoms with Gasteiger partial charge in [-0.2, -0.15) is 0 Å². The molecule has 0 amide bonds. The summed E-state index contributed by atoms with van der Waals surface area (Å²) < 4.78 is 5.74. The minimum Gasteiger partial charge on any atom is -0.410 e. The second-order valence-electron chi connectivity index (χ2n) is 4.54. The van der Waals surface area contributed by atoms with Gasteiger partial charge in [0.2, 0.25) is 0 Å². The Bertz CT molecular complexity index is 603. The fourth-order valence-corrected chi connectivity index (χ4v) is 3.88. The zero-order chi connectivity index (χ0) is 13.2. The SMILES string of the molecule is Cc1nc(C)c(-c2nnc(SC3C=CCCC3)o2)s1. The summed E-state index contributed by atoms with van der Waals surface area (Å²) in [4.78, 5) is 5.37. The van der Waals surface area contributed by atoms with Crippen molar-refractivity contribution in [3.63, 3.8) is 0 Å². The number of thiazole rings is 1. The number of aromatic nitrogens is 3. The van der Waals surface area contributed by atoms with E-state index in [0.717, 1.165) is 15.6 Å². The van der Waals surface area contributed by atoms with E-state index in [0.29, 0.717) is 16.4 Å². The smallest absolute Gasteiger partial charge is 0.277 e. The lowest BCUT2D eigenvalue weighted by Gasteiger charge is -2.12. The zero-order valence-electron chi connectivity index (χ0n) is 10.9. The van der Waals surface area contributed by atoms with Crippen LogP contribution in [0.2, 0.25) is 0 Å². The number of thioether (sulfide) groups is 1. The molecule has 1 aliphatic carbocycles. The third kappa shape index (κ3) is 2.90. The molecule has 19 heavy (non-hydrogen) atoms. The highest BCUT2D eigenvalue weighted by atomic mass is 32.2. The van der Waals surface area contributed by atoms with Crippen LogP contribution in [0.4, 0.5) is 0 Å². The van der Waals surface area contributed by atoms with E-state index >= 15 is 0 Å². The molecule has 2 heterocycles. The molecule has 0 spiro atoms. The molecular weight excluding hydrogens is 278 g/mol. The highest BCUT2D eigenvalue weighted by molar-refractivity contribution is 7.99. The first kappa shape index (κ1) is 12.9. The fourth-order valence-electron chi connectivity index (χ4n) is 2.09. The summed E-state index contributed by atoms with van der Waals surface area (Å²) in [5.74, 6) is 0.588. The number of hydrogen-bond acceptors (Lipinski definition) is 6. The van der Waals surface area contributed by atoms with Crippen molar-refractivity contribution in [2.24, 2.45) is 0 Å². The molecule has 0 saturated carbocycles. The maximum Gasteiger partial charge on any atom is 0.277 e. The van der Waals surface area contributed by atoms with E-state index in [-0.39, 0.29) is 0 Å². The van der Waals surface area contributed by atoms with Crippen molar-refractivity contribution in [1.82, 2.24) is 15.2 Å². The third-order valence-corrected chi connectivity index (χ3v) is 5.09. The lowest BCUT2D eigenvalue weighted by Crippen LogP contribution is -2.01. The van der Waals surface area contributed by atoms with Gasteiger partial charge in [-0.15, -0.1) is 21.5 Å². The molecule has 0 N–H and O–H groups in total. The Hall–Kier alpha value is -1.14. The first-order valence-corrected chi connectivity index (χ1v) is 8.03. The highest BCUT2D eigenvalue weighted by Gasteiger charge is 2.18.